The molecular formula is C17H13N3O2S. The molecule has 5 nitrogen and oxygen atoms in total. The van der Waals surface area contributed by atoms with Crippen LogP contribution < -0.4 is 10.6 Å². The largest absolute Gasteiger partial charge is 0.321 e. The van der Waals surface area contributed by atoms with E-state index in [0.29, 0.717) is 21.9 Å². The van der Waals surface area contributed by atoms with Crippen LogP contribution in [0.25, 0.3) is 0 Å². The molecular weight excluding hydrogens is 310 g/mol. The van der Waals surface area contributed by atoms with E-state index < -0.39 is 0 Å². The van der Waals surface area contributed by atoms with Crippen molar-refractivity contribution in [3.8, 4) is 0 Å². The van der Waals surface area contributed by atoms with Gasteiger partial charge in [0.05, 0.1) is 4.88 Å². The Morgan fingerprint density at radius 3 is 2.57 bits per heavy atom. The molecule has 0 saturated heterocycles. The summed E-state index contributed by atoms with van der Waals surface area (Å²) in [6.07, 6.45) is 1.60. The SMILES string of the molecule is O=C(Nc1ccccn1)c1cccc(NC(=O)c2cccs2)c1. The van der Waals surface area contributed by atoms with E-state index in [2.05, 4.69) is 15.6 Å². The Hall–Kier alpha value is -2.99. The number of carbonyl (C=O) groups excluding carboxylic acids is 2. The van der Waals surface area contributed by atoms with Crippen LogP contribution >= 0.6 is 11.3 Å². The van der Waals surface area contributed by atoms with Gasteiger partial charge in [-0.3, -0.25) is 9.59 Å². The number of nitrogens with one attached hydrogen (secondary N) is 2. The van der Waals surface area contributed by atoms with Gasteiger partial charge in [-0.2, -0.15) is 0 Å². The van der Waals surface area contributed by atoms with Gasteiger partial charge in [-0.1, -0.05) is 18.2 Å². The van der Waals surface area contributed by atoms with Gasteiger partial charge in [-0.25, -0.2) is 4.98 Å². The zero-order valence-corrected chi connectivity index (χ0v) is 12.8. The maximum Gasteiger partial charge on any atom is 0.265 e. The second-order valence-electron chi connectivity index (χ2n) is 4.68. The van der Waals surface area contributed by atoms with Crippen LogP contribution in [0.1, 0.15) is 20.0 Å². The maximum atomic E-state index is 12.2. The molecule has 0 bridgehead atoms. The van der Waals surface area contributed by atoms with Gasteiger partial charge in [0.25, 0.3) is 11.8 Å². The summed E-state index contributed by atoms with van der Waals surface area (Å²) in [5.41, 5.74) is 1.01. The molecule has 3 rings (SSSR count). The molecule has 0 fully saturated rings. The van der Waals surface area contributed by atoms with E-state index in [4.69, 9.17) is 0 Å². The van der Waals surface area contributed by atoms with Crippen molar-refractivity contribution in [1.82, 2.24) is 4.98 Å². The molecule has 114 valence electrons. The van der Waals surface area contributed by atoms with E-state index in [1.54, 1.807) is 54.7 Å². The summed E-state index contributed by atoms with van der Waals surface area (Å²) < 4.78 is 0. The van der Waals surface area contributed by atoms with Crippen LogP contribution in [0.15, 0.2) is 66.2 Å². The summed E-state index contributed by atoms with van der Waals surface area (Å²) in [7, 11) is 0. The van der Waals surface area contributed by atoms with Crippen molar-refractivity contribution in [2.45, 2.75) is 0 Å². The predicted octanol–water partition coefficient (Wildman–Crippen LogP) is 3.65. The lowest BCUT2D eigenvalue weighted by Gasteiger charge is -2.07. The third-order valence-corrected chi connectivity index (χ3v) is 3.90. The highest BCUT2D eigenvalue weighted by Crippen LogP contribution is 2.15. The monoisotopic (exact) mass is 323 g/mol. The number of rotatable bonds is 4. The minimum absolute atomic E-state index is 0.192. The summed E-state index contributed by atoms with van der Waals surface area (Å²) in [5, 5.41) is 7.32. The first-order valence-electron chi connectivity index (χ1n) is 6.90. The number of hydrogen-bond donors (Lipinski definition) is 2. The average Bonchev–Trinajstić information content (AvgIpc) is 3.11. The van der Waals surface area contributed by atoms with Crippen molar-refractivity contribution in [1.29, 1.82) is 0 Å². The average molecular weight is 323 g/mol. The minimum atomic E-state index is -0.282. The van der Waals surface area contributed by atoms with Crippen LogP contribution in [-0.4, -0.2) is 16.8 Å². The van der Waals surface area contributed by atoms with Crippen molar-refractivity contribution in [2.24, 2.45) is 0 Å². The number of pyridine rings is 1. The van der Waals surface area contributed by atoms with Crippen LogP contribution in [0.2, 0.25) is 0 Å². The molecule has 0 unspecified atom stereocenters. The summed E-state index contributed by atoms with van der Waals surface area (Å²) in [6.45, 7) is 0. The Morgan fingerprint density at radius 2 is 1.83 bits per heavy atom. The molecule has 2 heterocycles. The van der Waals surface area contributed by atoms with Gasteiger partial charge in [-0.15, -0.1) is 11.3 Å². The standard InChI is InChI=1S/C17H13N3O2S/c21-16(20-15-8-1-2-9-18-15)12-5-3-6-13(11-12)19-17(22)14-7-4-10-23-14/h1-11H,(H,19,22)(H,18,20,21). The zero-order chi connectivity index (χ0) is 16.1. The normalized spacial score (nSPS) is 10.1. The number of hydrogen-bond acceptors (Lipinski definition) is 4. The van der Waals surface area contributed by atoms with Gasteiger partial charge in [0.1, 0.15) is 5.82 Å². The highest BCUT2D eigenvalue weighted by Gasteiger charge is 2.10. The van der Waals surface area contributed by atoms with Crippen molar-refractivity contribution < 1.29 is 9.59 Å². The molecule has 0 aliphatic rings. The lowest BCUT2D eigenvalue weighted by Crippen LogP contribution is -2.14. The Kier molecular flexibility index (Phi) is 4.44. The Morgan fingerprint density at radius 1 is 0.913 bits per heavy atom. The highest BCUT2D eigenvalue weighted by molar-refractivity contribution is 7.12. The van der Waals surface area contributed by atoms with E-state index in [9.17, 15) is 9.59 Å². The molecule has 1 aromatic carbocycles. The van der Waals surface area contributed by atoms with Gasteiger partial charge in [-0.05, 0) is 41.8 Å². The molecule has 2 amide bonds. The molecule has 0 spiro atoms. The number of carbonyl (C=O) groups is 2. The minimum Gasteiger partial charge on any atom is -0.321 e. The lowest BCUT2D eigenvalue weighted by atomic mass is 10.2. The van der Waals surface area contributed by atoms with E-state index in [-0.39, 0.29) is 11.8 Å². The molecule has 3 aromatic rings. The molecule has 0 atom stereocenters. The smallest absolute Gasteiger partial charge is 0.265 e. The molecule has 2 aromatic heterocycles. The molecule has 2 N–H and O–H groups in total. The molecule has 0 aliphatic heterocycles. The van der Waals surface area contributed by atoms with Crippen LogP contribution in [0.3, 0.4) is 0 Å². The summed E-state index contributed by atoms with van der Waals surface area (Å²) in [4.78, 5) is 28.9. The lowest BCUT2D eigenvalue weighted by molar-refractivity contribution is 0.101. The van der Waals surface area contributed by atoms with E-state index in [1.807, 2.05) is 11.4 Å². The van der Waals surface area contributed by atoms with Crippen LogP contribution in [0.5, 0.6) is 0 Å². The van der Waals surface area contributed by atoms with Crippen LogP contribution in [0.4, 0.5) is 11.5 Å². The van der Waals surface area contributed by atoms with Crippen molar-refractivity contribution in [2.75, 3.05) is 10.6 Å². The first-order chi connectivity index (χ1) is 11.2. The number of aromatic nitrogens is 1. The first kappa shape index (κ1) is 14.9. The van der Waals surface area contributed by atoms with E-state index in [1.165, 1.54) is 11.3 Å². The fourth-order valence-electron chi connectivity index (χ4n) is 1.96. The van der Waals surface area contributed by atoms with Gasteiger partial charge < -0.3 is 10.6 Å². The van der Waals surface area contributed by atoms with Crippen LogP contribution in [0, 0.1) is 0 Å². The number of benzene rings is 1. The predicted molar refractivity (Wildman–Crippen MR) is 90.9 cm³/mol. The number of nitrogens with zero attached hydrogens (tertiary/aromatic N) is 1. The Balaban J connectivity index is 1.72. The maximum absolute atomic E-state index is 12.2. The third kappa shape index (κ3) is 3.81. The molecule has 0 saturated carbocycles. The van der Waals surface area contributed by atoms with Gasteiger partial charge in [0, 0.05) is 17.4 Å². The summed E-state index contributed by atoms with van der Waals surface area (Å²) >= 11 is 1.36. The van der Waals surface area contributed by atoms with E-state index in [0.717, 1.165) is 0 Å². The van der Waals surface area contributed by atoms with Gasteiger partial charge in [0.2, 0.25) is 0 Å². The van der Waals surface area contributed by atoms with E-state index >= 15 is 0 Å². The first-order valence-corrected chi connectivity index (χ1v) is 7.77. The number of anilines is 2. The molecule has 23 heavy (non-hydrogen) atoms. The zero-order valence-electron chi connectivity index (χ0n) is 12.0. The van der Waals surface area contributed by atoms with Gasteiger partial charge in [0.15, 0.2) is 0 Å². The molecule has 6 heteroatoms. The summed E-state index contributed by atoms with van der Waals surface area (Å²) in [6, 6.07) is 15.6. The highest BCUT2D eigenvalue weighted by atomic mass is 32.1. The number of thiophene rings is 1. The fraction of sp³-hybridized carbons (Fsp3) is 0. The summed E-state index contributed by atoms with van der Waals surface area (Å²) in [5.74, 6) is 0.00345. The van der Waals surface area contributed by atoms with Gasteiger partial charge >= 0.3 is 0 Å². The molecule has 0 aliphatic carbocycles. The second-order valence-corrected chi connectivity index (χ2v) is 5.63. The second kappa shape index (κ2) is 6.85. The fourth-order valence-corrected chi connectivity index (χ4v) is 2.58. The number of amides is 2. The third-order valence-electron chi connectivity index (χ3n) is 3.03. The Bertz CT molecular complexity index is 817. The Labute approximate surface area is 137 Å². The van der Waals surface area contributed by atoms with Crippen molar-refractivity contribution in [3.05, 3.63) is 76.6 Å². The van der Waals surface area contributed by atoms with Crippen LogP contribution in [-0.2, 0) is 0 Å². The van der Waals surface area contributed by atoms with Crippen molar-refractivity contribution >= 4 is 34.7 Å². The van der Waals surface area contributed by atoms with Crippen molar-refractivity contribution in [3.63, 3.8) is 0 Å². The molecule has 0 radical (unpaired) electrons. The quantitative estimate of drug-likeness (QED) is 0.770. The topological polar surface area (TPSA) is 71.1 Å².